The maximum atomic E-state index is 5.90. The van der Waals surface area contributed by atoms with Gasteiger partial charge >= 0.3 is 0 Å². The highest BCUT2D eigenvalue weighted by molar-refractivity contribution is 5.32. The first-order chi connectivity index (χ1) is 11.8. The van der Waals surface area contributed by atoms with E-state index >= 15 is 0 Å². The van der Waals surface area contributed by atoms with Gasteiger partial charge in [-0.15, -0.1) is 0 Å². The lowest BCUT2D eigenvalue weighted by molar-refractivity contribution is -0.0180. The average molecular weight is 335 g/mol. The molecule has 4 nitrogen and oxygen atoms in total. The van der Waals surface area contributed by atoms with Crippen molar-refractivity contribution in [2.24, 2.45) is 5.92 Å². The number of unbranched alkanes of at least 4 members (excludes halogenated alkanes) is 2. The van der Waals surface area contributed by atoms with Crippen LogP contribution in [0.25, 0.3) is 0 Å². The molecule has 0 spiro atoms. The third kappa shape index (κ3) is 5.99. The van der Waals surface area contributed by atoms with Crippen molar-refractivity contribution < 1.29 is 14.2 Å². The Balaban J connectivity index is 1.73. The molecule has 0 aliphatic carbocycles. The number of hydrogen-bond donors (Lipinski definition) is 0. The quantitative estimate of drug-likeness (QED) is 0.605. The van der Waals surface area contributed by atoms with Crippen molar-refractivity contribution in [2.75, 3.05) is 40.5 Å². The Morgan fingerprint density at radius 1 is 1.17 bits per heavy atom. The van der Waals surface area contributed by atoms with Crippen molar-refractivity contribution in [1.29, 1.82) is 0 Å². The monoisotopic (exact) mass is 335 g/mol. The number of likely N-dealkylation sites (tertiary alicyclic amines) is 1. The first-order valence-corrected chi connectivity index (χ1v) is 9.28. The zero-order valence-electron chi connectivity index (χ0n) is 15.5. The minimum absolute atomic E-state index is 0.328. The topological polar surface area (TPSA) is 30.9 Å². The predicted molar refractivity (Wildman–Crippen MR) is 98.0 cm³/mol. The zero-order chi connectivity index (χ0) is 17.2. The minimum atomic E-state index is 0.328. The van der Waals surface area contributed by atoms with E-state index in [2.05, 4.69) is 11.8 Å². The Bertz CT molecular complexity index is 466. The number of methoxy groups -OCH3 is 2. The van der Waals surface area contributed by atoms with Gasteiger partial charge in [-0.2, -0.15) is 0 Å². The van der Waals surface area contributed by atoms with E-state index in [0.29, 0.717) is 12.0 Å². The molecule has 2 atom stereocenters. The number of rotatable bonds is 10. The number of nitrogens with zero attached hydrogens (tertiary/aromatic N) is 1. The standard InChI is InChI=1S/C20H33NO3/c1-4-5-6-12-21-13-10-17(20(16-21)23-3)11-14-24-19-9-7-8-18(15-19)22-2/h7-9,15,17,20H,4-6,10-14,16H2,1-3H3/t17-,20+/m0/s1. The van der Waals surface area contributed by atoms with Gasteiger partial charge in [-0.05, 0) is 50.4 Å². The summed E-state index contributed by atoms with van der Waals surface area (Å²) < 4.78 is 16.9. The Morgan fingerprint density at radius 3 is 2.75 bits per heavy atom. The van der Waals surface area contributed by atoms with Gasteiger partial charge in [0.25, 0.3) is 0 Å². The number of benzene rings is 1. The predicted octanol–water partition coefficient (Wildman–Crippen LogP) is 3.99. The van der Waals surface area contributed by atoms with Crippen LogP contribution in [0.3, 0.4) is 0 Å². The van der Waals surface area contributed by atoms with Crippen LogP contribution in [0.15, 0.2) is 24.3 Å². The number of hydrogen-bond acceptors (Lipinski definition) is 4. The van der Waals surface area contributed by atoms with Gasteiger partial charge in [0.05, 0.1) is 19.8 Å². The van der Waals surface area contributed by atoms with Gasteiger partial charge in [0.1, 0.15) is 11.5 Å². The maximum absolute atomic E-state index is 5.90. The molecule has 136 valence electrons. The van der Waals surface area contributed by atoms with Gasteiger partial charge in [-0.25, -0.2) is 0 Å². The summed E-state index contributed by atoms with van der Waals surface area (Å²) >= 11 is 0. The molecule has 0 bridgehead atoms. The van der Waals surface area contributed by atoms with Crippen molar-refractivity contribution in [3.8, 4) is 11.5 Å². The van der Waals surface area contributed by atoms with Gasteiger partial charge < -0.3 is 19.1 Å². The van der Waals surface area contributed by atoms with Crippen molar-refractivity contribution in [1.82, 2.24) is 4.90 Å². The van der Waals surface area contributed by atoms with E-state index in [1.54, 1.807) is 7.11 Å². The summed E-state index contributed by atoms with van der Waals surface area (Å²) in [6, 6.07) is 7.81. The maximum Gasteiger partial charge on any atom is 0.122 e. The summed E-state index contributed by atoms with van der Waals surface area (Å²) in [5, 5.41) is 0. The molecule has 0 amide bonds. The van der Waals surface area contributed by atoms with Gasteiger partial charge in [0.2, 0.25) is 0 Å². The first kappa shape index (κ1) is 19.1. The first-order valence-electron chi connectivity index (χ1n) is 9.28. The van der Waals surface area contributed by atoms with Crippen molar-refractivity contribution in [3.63, 3.8) is 0 Å². The van der Waals surface area contributed by atoms with E-state index in [9.17, 15) is 0 Å². The van der Waals surface area contributed by atoms with Crippen LogP contribution in [0.1, 0.15) is 39.0 Å². The fraction of sp³-hybridized carbons (Fsp3) is 0.700. The van der Waals surface area contributed by atoms with Crippen LogP contribution in [-0.4, -0.2) is 51.5 Å². The highest BCUT2D eigenvalue weighted by Crippen LogP contribution is 2.25. The molecular weight excluding hydrogens is 302 g/mol. The molecule has 24 heavy (non-hydrogen) atoms. The van der Waals surface area contributed by atoms with Crippen LogP contribution in [0, 0.1) is 5.92 Å². The highest BCUT2D eigenvalue weighted by atomic mass is 16.5. The summed E-state index contributed by atoms with van der Waals surface area (Å²) in [6.07, 6.45) is 6.48. The molecule has 0 aromatic heterocycles. The molecule has 1 fully saturated rings. The molecular formula is C20H33NO3. The second kappa shape index (κ2) is 10.6. The van der Waals surface area contributed by atoms with E-state index in [1.165, 1.54) is 38.8 Å². The summed E-state index contributed by atoms with van der Waals surface area (Å²) in [6.45, 7) is 6.44. The van der Waals surface area contributed by atoms with E-state index < -0.39 is 0 Å². The summed E-state index contributed by atoms with van der Waals surface area (Å²) in [5.74, 6) is 2.30. The Kier molecular flexibility index (Phi) is 8.40. The molecule has 1 aliphatic rings. The largest absolute Gasteiger partial charge is 0.497 e. The molecule has 4 heteroatoms. The Morgan fingerprint density at radius 2 is 2.00 bits per heavy atom. The van der Waals surface area contributed by atoms with Crippen molar-refractivity contribution >= 4 is 0 Å². The normalized spacial score (nSPS) is 21.6. The van der Waals surface area contributed by atoms with Crippen molar-refractivity contribution in [2.45, 2.75) is 45.1 Å². The second-order valence-corrected chi connectivity index (χ2v) is 6.65. The van der Waals surface area contributed by atoms with Crippen LogP contribution in [0.5, 0.6) is 11.5 Å². The molecule has 0 saturated carbocycles. The highest BCUT2D eigenvalue weighted by Gasteiger charge is 2.28. The van der Waals surface area contributed by atoms with Crippen LogP contribution in [-0.2, 0) is 4.74 Å². The molecule has 1 saturated heterocycles. The molecule has 2 rings (SSSR count). The van der Waals surface area contributed by atoms with Crippen LogP contribution >= 0.6 is 0 Å². The van der Waals surface area contributed by atoms with Crippen LogP contribution < -0.4 is 9.47 Å². The third-order valence-electron chi connectivity index (χ3n) is 4.96. The van der Waals surface area contributed by atoms with E-state index in [4.69, 9.17) is 14.2 Å². The Labute approximate surface area is 147 Å². The van der Waals surface area contributed by atoms with E-state index in [0.717, 1.165) is 31.1 Å². The third-order valence-corrected chi connectivity index (χ3v) is 4.96. The summed E-state index contributed by atoms with van der Waals surface area (Å²) in [4.78, 5) is 2.56. The number of piperidine rings is 1. The van der Waals surface area contributed by atoms with E-state index in [-0.39, 0.29) is 0 Å². The lowest BCUT2D eigenvalue weighted by Gasteiger charge is -2.37. The summed E-state index contributed by atoms with van der Waals surface area (Å²) in [5.41, 5.74) is 0. The lowest BCUT2D eigenvalue weighted by atomic mass is 9.91. The molecule has 1 heterocycles. The van der Waals surface area contributed by atoms with Crippen LogP contribution in [0.2, 0.25) is 0 Å². The second-order valence-electron chi connectivity index (χ2n) is 6.65. The molecule has 1 aliphatic heterocycles. The molecule has 0 N–H and O–H groups in total. The summed E-state index contributed by atoms with van der Waals surface area (Å²) in [7, 11) is 3.52. The van der Waals surface area contributed by atoms with E-state index in [1.807, 2.05) is 31.4 Å². The van der Waals surface area contributed by atoms with Gasteiger partial charge in [-0.3, -0.25) is 0 Å². The fourth-order valence-corrected chi connectivity index (χ4v) is 3.43. The zero-order valence-corrected chi connectivity index (χ0v) is 15.5. The Hall–Kier alpha value is -1.26. The van der Waals surface area contributed by atoms with Crippen LogP contribution in [0.4, 0.5) is 0 Å². The molecule has 0 radical (unpaired) electrons. The minimum Gasteiger partial charge on any atom is -0.497 e. The SMILES string of the molecule is CCCCCN1CC[C@@H](CCOc2cccc(OC)c2)[C@H](OC)C1. The molecule has 1 aromatic carbocycles. The number of ether oxygens (including phenoxy) is 3. The van der Waals surface area contributed by atoms with Gasteiger partial charge in [0.15, 0.2) is 0 Å². The van der Waals surface area contributed by atoms with Gasteiger partial charge in [-0.1, -0.05) is 25.8 Å². The smallest absolute Gasteiger partial charge is 0.122 e. The van der Waals surface area contributed by atoms with Crippen molar-refractivity contribution in [3.05, 3.63) is 24.3 Å². The van der Waals surface area contributed by atoms with Gasteiger partial charge in [0, 0.05) is 19.7 Å². The lowest BCUT2D eigenvalue weighted by Crippen LogP contribution is -2.45. The molecule has 1 aromatic rings. The fourth-order valence-electron chi connectivity index (χ4n) is 3.43. The molecule has 0 unspecified atom stereocenters. The average Bonchev–Trinajstić information content (AvgIpc) is 2.63.